The van der Waals surface area contributed by atoms with Gasteiger partial charge in [0.25, 0.3) is 5.91 Å². The van der Waals surface area contributed by atoms with Crippen molar-refractivity contribution in [3.8, 4) is 0 Å². The van der Waals surface area contributed by atoms with Crippen LogP contribution in [0.25, 0.3) is 0 Å². The summed E-state index contributed by atoms with van der Waals surface area (Å²) in [7, 11) is -1.68. The topological polar surface area (TPSA) is 63.7 Å². The molecular formula is C12H14BrNO4S. The minimum atomic E-state index is -3.29. The van der Waals surface area contributed by atoms with Gasteiger partial charge in [0.05, 0.1) is 11.0 Å². The molecule has 0 radical (unpaired) electrons. The molecule has 0 spiro atoms. The van der Waals surface area contributed by atoms with Crippen LogP contribution in [0.4, 0.5) is 0 Å². The second-order valence-corrected chi connectivity index (χ2v) is 7.32. The van der Waals surface area contributed by atoms with Crippen molar-refractivity contribution < 1.29 is 17.9 Å². The Morgan fingerprint density at radius 1 is 1.42 bits per heavy atom. The first kappa shape index (κ1) is 14.5. The number of nitrogens with zero attached hydrogens (tertiary/aromatic N) is 1. The van der Waals surface area contributed by atoms with Crippen LogP contribution in [0, 0.1) is 0 Å². The molecule has 0 aliphatic carbocycles. The summed E-state index contributed by atoms with van der Waals surface area (Å²) in [6, 6.07) is 4.52. The Morgan fingerprint density at radius 3 is 2.53 bits per heavy atom. The first-order valence-corrected chi connectivity index (χ1v) is 8.33. The highest BCUT2D eigenvalue weighted by Crippen LogP contribution is 2.25. The minimum Gasteiger partial charge on any atom is -0.378 e. The van der Waals surface area contributed by atoms with E-state index in [-0.39, 0.29) is 16.9 Å². The number of amides is 1. The van der Waals surface area contributed by atoms with E-state index in [9.17, 15) is 13.2 Å². The molecule has 0 atom stereocenters. The van der Waals surface area contributed by atoms with Gasteiger partial charge in [0.1, 0.15) is 0 Å². The highest BCUT2D eigenvalue weighted by Gasteiger charge is 2.31. The Labute approximate surface area is 120 Å². The van der Waals surface area contributed by atoms with E-state index in [0.717, 1.165) is 6.26 Å². The number of carbonyl (C=O) groups is 1. The van der Waals surface area contributed by atoms with Crippen molar-refractivity contribution in [3.05, 3.63) is 28.2 Å². The monoisotopic (exact) mass is 347 g/mol. The molecule has 1 aliphatic rings. The summed E-state index contributed by atoms with van der Waals surface area (Å²) in [5.41, 5.74) is 0.467. The molecule has 0 bridgehead atoms. The maximum absolute atomic E-state index is 12.1. The fourth-order valence-electron chi connectivity index (χ4n) is 1.87. The van der Waals surface area contributed by atoms with Crippen molar-refractivity contribution in [2.45, 2.75) is 11.0 Å². The zero-order valence-electron chi connectivity index (χ0n) is 10.6. The van der Waals surface area contributed by atoms with Crippen LogP contribution in [0.3, 0.4) is 0 Å². The fourth-order valence-corrected chi connectivity index (χ4v) is 3.86. The van der Waals surface area contributed by atoms with E-state index in [1.54, 1.807) is 18.1 Å². The smallest absolute Gasteiger partial charge is 0.254 e. The van der Waals surface area contributed by atoms with Crippen molar-refractivity contribution in [2.75, 3.05) is 26.5 Å². The summed E-state index contributed by atoms with van der Waals surface area (Å²) in [6.45, 7) is 1.14. The van der Waals surface area contributed by atoms with E-state index < -0.39 is 9.84 Å². The Balaban J connectivity index is 2.19. The number of benzene rings is 1. The lowest BCUT2D eigenvalue weighted by Gasteiger charge is -2.38. The van der Waals surface area contributed by atoms with Gasteiger partial charge >= 0.3 is 0 Å². The molecule has 0 N–H and O–H groups in total. The van der Waals surface area contributed by atoms with E-state index in [2.05, 4.69) is 15.9 Å². The second kappa shape index (κ2) is 5.22. The number of hydrogen-bond acceptors (Lipinski definition) is 4. The molecular weight excluding hydrogens is 334 g/mol. The van der Waals surface area contributed by atoms with Gasteiger partial charge in [-0.25, -0.2) is 8.42 Å². The van der Waals surface area contributed by atoms with Crippen molar-refractivity contribution in [1.29, 1.82) is 0 Å². The molecule has 1 aliphatic heterocycles. The molecule has 1 amide bonds. The van der Waals surface area contributed by atoms with Gasteiger partial charge in [0.15, 0.2) is 9.84 Å². The Kier molecular flexibility index (Phi) is 3.98. The molecule has 19 heavy (non-hydrogen) atoms. The Morgan fingerprint density at radius 2 is 2.05 bits per heavy atom. The quantitative estimate of drug-likeness (QED) is 0.827. The van der Waals surface area contributed by atoms with Crippen molar-refractivity contribution in [1.82, 2.24) is 4.90 Å². The lowest BCUT2D eigenvalue weighted by molar-refractivity contribution is -0.0192. The van der Waals surface area contributed by atoms with Gasteiger partial charge in [-0.05, 0) is 34.1 Å². The Hall–Kier alpha value is -0.920. The zero-order chi connectivity index (χ0) is 14.2. The predicted octanol–water partition coefficient (Wildman–Crippen LogP) is 1.32. The minimum absolute atomic E-state index is 0.0997. The third kappa shape index (κ3) is 2.98. The van der Waals surface area contributed by atoms with Crippen LogP contribution >= 0.6 is 15.9 Å². The van der Waals surface area contributed by atoms with Gasteiger partial charge in [-0.2, -0.15) is 0 Å². The van der Waals surface area contributed by atoms with Crippen LogP contribution in [-0.4, -0.2) is 51.8 Å². The van der Waals surface area contributed by atoms with E-state index >= 15 is 0 Å². The molecule has 1 aromatic carbocycles. The average Bonchev–Trinajstić information content (AvgIpc) is 2.25. The lowest BCUT2D eigenvalue weighted by Crippen LogP contribution is -2.54. The largest absolute Gasteiger partial charge is 0.378 e. The number of halogens is 1. The average molecular weight is 348 g/mol. The summed E-state index contributed by atoms with van der Waals surface area (Å²) in [4.78, 5) is 13.9. The molecule has 2 rings (SSSR count). The summed E-state index contributed by atoms with van der Waals surface area (Å²) >= 11 is 3.19. The van der Waals surface area contributed by atoms with Gasteiger partial charge in [0.2, 0.25) is 0 Å². The predicted molar refractivity (Wildman–Crippen MR) is 74.0 cm³/mol. The molecule has 0 saturated carbocycles. The van der Waals surface area contributed by atoms with Crippen LogP contribution in [0.5, 0.6) is 0 Å². The lowest BCUT2D eigenvalue weighted by atomic mass is 10.1. The zero-order valence-corrected chi connectivity index (χ0v) is 13.0. The maximum atomic E-state index is 12.1. The Bertz CT molecular complexity index is 608. The standard InChI is InChI=1S/C12H14BrNO4S/c1-18-9-6-14(7-9)12(15)8-3-4-11(10(13)5-8)19(2,16)17/h3-5,9H,6-7H2,1-2H3. The highest BCUT2D eigenvalue weighted by atomic mass is 79.9. The summed E-state index contributed by atoms with van der Waals surface area (Å²) in [5, 5.41) is 0. The molecule has 104 valence electrons. The molecule has 7 heteroatoms. The van der Waals surface area contributed by atoms with Crippen LogP contribution < -0.4 is 0 Å². The van der Waals surface area contributed by atoms with Crippen molar-refractivity contribution in [3.63, 3.8) is 0 Å². The van der Waals surface area contributed by atoms with Crippen LogP contribution in [0.15, 0.2) is 27.6 Å². The van der Waals surface area contributed by atoms with Crippen molar-refractivity contribution >= 4 is 31.7 Å². The summed E-state index contributed by atoms with van der Waals surface area (Å²) in [6.07, 6.45) is 1.23. The molecule has 0 aromatic heterocycles. The van der Waals surface area contributed by atoms with E-state index in [0.29, 0.717) is 23.1 Å². The summed E-state index contributed by atoms with van der Waals surface area (Å²) < 4.78 is 28.5. The van der Waals surface area contributed by atoms with E-state index in [1.165, 1.54) is 12.1 Å². The molecule has 5 nitrogen and oxygen atoms in total. The van der Waals surface area contributed by atoms with Gasteiger partial charge in [-0.15, -0.1) is 0 Å². The van der Waals surface area contributed by atoms with Gasteiger partial charge < -0.3 is 9.64 Å². The summed E-state index contributed by atoms with van der Waals surface area (Å²) in [5.74, 6) is -0.117. The van der Waals surface area contributed by atoms with Crippen LogP contribution in [0.1, 0.15) is 10.4 Å². The number of likely N-dealkylation sites (tertiary alicyclic amines) is 1. The first-order chi connectivity index (χ1) is 8.82. The SMILES string of the molecule is COC1CN(C(=O)c2ccc(S(C)(=O)=O)c(Br)c2)C1. The normalized spacial score (nSPS) is 16.3. The molecule has 1 aromatic rings. The van der Waals surface area contributed by atoms with E-state index in [1.807, 2.05) is 0 Å². The maximum Gasteiger partial charge on any atom is 0.254 e. The molecule has 1 fully saturated rings. The number of rotatable bonds is 3. The number of ether oxygens (including phenoxy) is 1. The number of sulfone groups is 1. The molecule has 1 saturated heterocycles. The van der Waals surface area contributed by atoms with Gasteiger partial charge in [-0.3, -0.25) is 4.79 Å². The van der Waals surface area contributed by atoms with Gasteiger partial charge in [-0.1, -0.05) is 0 Å². The van der Waals surface area contributed by atoms with Gasteiger partial charge in [0, 0.05) is 36.5 Å². The number of hydrogen-bond donors (Lipinski definition) is 0. The van der Waals surface area contributed by atoms with E-state index in [4.69, 9.17) is 4.74 Å². The van der Waals surface area contributed by atoms with Crippen LogP contribution in [0.2, 0.25) is 0 Å². The fraction of sp³-hybridized carbons (Fsp3) is 0.417. The second-order valence-electron chi connectivity index (χ2n) is 4.49. The number of carbonyl (C=O) groups excluding carboxylic acids is 1. The number of methoxy groups -OCH3 is 1. The third-order valence-corrected chi connectivity index (χ3v) is 5.12. The van der Waals surface area contributed by atoms with Crippen molar-refractivity contribution in [2.24, 2.45) is 0 Å². The molecule has 1 heterocycles. The third-order valence-electron chi connectivity index (χ3n) is 3.05. The van der Waals surface area contributed by atoms with Crippen LogP contribution in [-0.2, 0) is 14.6 Å². The highest BCUT2D eigenvalue weighted by molar-refractivity contribution is 9.10. The molecule has 0 unspecified atom stereocenters. The first-order valence-electron chi connectivity index (χ1n) is 5.64.